The minimum atomic E-state index is 0. The van der Waals surface area contributed by atoms with E-state index in [0.717, 1.165) is 12.8 Å². The van der Waals surface area contributed by atoms with Crippen LogP contribution in [-0.2, 0) is 25.8 Å². The van der Waals surface area contributed by atoms with Crippen LogP contribution in [0.15, 0.2) is 35.5 Å². The quantitative estimate of drug-likeness (QED) is 0.469. The van der Waals surface area contributed by atoms with E-state index in [9.17, 15) is 0 Å². The third kappa shape index (κ3) is 7.70. The van der Waals surface area contributed by atoms with Gasteiger partial charge in [-0.15, -0.1) is 12.8 Å². The molecule has 0 spiro atoms. The zero-order chi connectivity index (χ0) is 11.6. The molecule has 0 nitrogen and oxygen atoms in total. The van der Waals surface area contributed by atoms with Crippen molar-refractivity contribution in [1.29, 1.82) is 0 Å². The van der Waals surface area contributed by atoms with Gasteiger partial charge < -0.3 is 0 Å². The Morgan fingerprint density at radius 2 is 1.29 bits per heavy atom. The summed E-state index contributed by atoms with van der Waals surface area (Å²) in [7, 11) is 0. The molecule has 17 heavy (non-hydrogen) atoms. The van der Waals surface area contributed by atoms with Crippen LogP contribution in [-0.4, -0.2) is 0 Å². The average molecular weight is 393 g/mol. The second-order valence-electron chi connectivity index (χ2n) is 4.12. The molecule has 0 aromatic carbocycles. The van der Waals surface area contributed by atoms with Gasteiger partial charge in [-0.05, 0) is 0 Å². The third-order valence-corrected chi connectivity index (χ3v) is 2.57. The van der Waals surface area contributed by atoms with Crippen LogP contribution < -0.4 is 0 Å². The van der Waals surface area contributed by atoms with Crippen LogP contribution in [0.25, 0.3) is 0 Å². The first-order valence-electron chi connectivity index (χ1n) is 6.39. The summed E-state index contributed by atoms with van der Waals surface area (Å²) in [5, 5.41) is 0. The van der Waals surface area contributed by atoms with Crippen molar-refractivity contribution < 1.29 is 25.8 Å². The summed E-state index contributed by atoms with van der Waals surface area (Å²) < 4.78 is 0. The van der Waals surface area contributed by atoms with Crippen molar-refractivity contribution >= 4 is 0 Å². The van der Waals surface area contributed by atoms with Crippen molar-refractivity contribution in [2.45, 2.75) is 52.4 Å². The summed E-state index contributed by atoms with van der Waals surface area (Å²) in [6, 6.07) is 0. The molecular weight excluding hydrogens is 371 g/mol. The van der Waals surface area contributed by atoms with E-state index in [1.165, 1.54) is 36.8 Å². The van der Waals surface area contributed by atoms with Crippen LogP contribution >= 0.6 is 0 Å². The molecule has 0 fully saturated rings. The molecule has 0 saturated carbocycles. The van der Waals surface area contributed by atoms with E-state index < -0.39 is 0 Å². The van der Waals surface area contributed by atoms with Crippen molar-refractivity contribution in [3.05, 3.63) is 47.6 Å². The molecule has 2 aliphatic rings. The number of rotatable bonds is 4. The van der Waals surface area contributed by atoms with Gasteiger partial charge in [0, 0.05) is 25.8 Å². The fourth-order valence-corrected chi connectivity index (χ4v) is 1.78. The Balaban J connectivity index is 0.000000284. The fourth-order valence-electron chi connectivity index (χ4n) is 1.78. The summed E-state index contributed by atoms with van der Waals surface area (Å²) in [5.41, 5.74) is 2.79. The summed E-state index contributed by atoms with van der Waals surface area (Å²) in [6.07, 6.45) is 22.2. The predicted octanol–water partition coefficient (Wildman–Crippen LogP) is 4.95. The Labute approximate surface area is 125 Å². The molecule has 0 aliphatic heterocycles. The molecule has 2 aliphatic carbocycles. The number of allylic oxidation sites excluding steroid dienone is 8. The molecular formula is C16H22Hf-2. The van der Waals surface area contributed by atoms with E-state index in [1.54, 1.807) is 0 Å². The van der Waals surface area contributed by atoms with E-state index in [1.807, 2.05) is 0 Å². The van der Waals surface area contributed by atoms with Crippen molar-refractivity contribution in [3.8, 4) is 0 Å². The van der Waals surface area contributed by atoms with Gasteiger partial charge in [-0.25, -0.2) is 23.3 Å². The van der Waals surface area contributed by atoms with Crippen molar-refractivity contribution in [2.24, 2.45) is 0 Å². The maximum Gasteiger partial charge on any atom is 0 e. The molecule has 2 rings (SSSR count). The van der Waals surface area contributed by atoms with Gasteiger partial charge in [-0.3, -0.25) is 12.2 Å². The van der Waals surface area contributed by atoms with E-state index in [0.29, 0.717) is 0 Å². The van der Waals surface area contributed by atoms with Gasteiger partial charge in [-0.2, -0.15) is 12.2 Å². The topological polar surface area (TPSA) is 0 Å². The van der Waals surface area contributed by atoms with Gasteiger partial charge in [0.1, 0.15) is 0 Å². The molecule has 0 unspecified atom stereocenters. The molecule has 0 atom stereocenters. The van der Waals surface area contributed by atoms with Crippen LogP contribution in [0, 0.1) is 12.2 Å². The first-order valence-corrected chi connectivity index (χ1v) is 6.39. The molecule has 0 radical (unpaired) electrons. The zero-order valence-electron chi connectivity index (χ0n) is 11.1. The van der Waals surface area contributed by atoms with Crippen molar-refractivity contribution in [2.75, 3.05) is 0 Å². The van der Waals surface area contributed by atoms with Crippen LogP contribution in [0.1, 0.15) is 52.4 Å². The Bertz CT molecular complexity index is 273. The average Bonchev–Trinajstić information content (AvgIpc) is 2.92. The minimum Gasteiger partial charge on any atom is -0.269 e. The Kier molecular flexibility index (Phi) is 10.8. The van der Waals surface area contributed by atoms with Crippen LogP contribution in [0.3, 0.4) is 0 Å². The molecule has 0 heterocycles. The molecule has 0 N–H and O–H groups in total. The third-order valence-electron chi connectivity index (χ3n) is 2.57. The molecule has 0 saturated heterocycles. The summed E-state index contributed by atoms with van der Waals surface area (Å²) >= 11 is 0. The van der Waals surface area contributed by atoms with Gasteiger partial charge >= 0.3 is 0 Å². The van der Waals surface area contributed by atoms with Crippen molar-refractivity contribution in [3.63, 3.8) is 0 Å². The van der Waals surface area contributed by atoms with Crippen LogP contribution in [0.4, 0.5) is 0 Å². The Morgan fingerprint density at radius 1 is 0.882 bits per heavy atom. The Morgan fingerprint density at radius 3 is 1.53 bits per heavy atom. The zero-order valence-corrected chi connectivity index (χ0v) is 14.6. The molecule has 0 aromatic rings. The number of hydrogen-bond acceptors (Lipinski definition) is 0. The standard InChI is InChI=1S/2C8H11.Hf/c2*1-2-5-8-6-3-4-7-8;/h2*3,6H,2,4-5H2,1H3;/q2*-1;. The van der Waals surface area contributed by atoms with Gasteiger partial charge in [-0.1, -0.05) is 39.5 Å². The van der Waals surface area contributed by atoms with Gasteiger partial charge in [0.05, 0.1) is 0 Å². The smallest absolute Gasteiger partial charge is 0 e. The van der Waals surface area contributed by atoms with Gasteiger partial charge in [0.2, 0.25) is 0 Å². The first-order chi connectivity index (χ1) is 7.86. The van der Waals surface area contributed by atoms with E-state index in [-0.39, 0.29) is 25.8 Å². The summed E-state index contributed by atoms with van der Waals surface area (Å²) in [6.45, 7) is 4.39. The fraction of sp³-hybridized carbons (Fsp3) is 0.500. The predicted molar refractivity (Wildman–Crippen MR) is 70.8 cm³/mol. The Hall–Kier alpha value is -0.170. The van der Waals surface area contributed by atoms with E-state index in [4.69, 9.17) is 0 Å². The van der Waals surface area contributed by atoms with Crippen molar-refractivity contribution in [1.82, 2.24) is 0 Å². The minimum absolute atomic E-state index is 0. The van der Waals surface area contributed by atoms with E-state index >= 15 is 0 Å². The normalized spacial score (nSPS) is 15.9. The number of hydrogen-bond donors (Lipinski definition) is 0. The molecule has 1 heteroatoms. The van der Waals surface area contributed by atoms with Crippen LogP contribution in [0.2, 0.25) is 0 Å². The second-order valence-corrected chi connectivity index (χ2v) is 4.12. The molecule has 0 bridgehead atoms. The monoisotopic (exact) mass is 394 g/mol. The SMILES string of the molecule is CCCC1=[C-]CC=C1.CCCC1=[C-]CC=C1.[Hf]. The van der Waals surface area contributed by atoms with Gasteiger partial charge in [0.25, 0.3) is 0 Å². The maximum absolute atomic E-state index is 3.26. The summed E-state index contributed by atoms with van der Waals surface area (Å²) in [4.78, 5) is 0. The maximum atomic E-state index is 3.26. The van der Waals surface area contributed by atoms with E-state index in [2.05, 4.69) is 50.3 Å². The van der Waals surface area contributed by atoms with Crippen LogP contribution in [0.5, 0.6) is 0 Å². The van der Waals surface area contributed by atoms with Gasteiger partial charge in [0.15, 0.2) is 0 Å². The largest absolute Gasteiger partial charge is 0.269 e. The first kappa shape index (κ1) is 16.8. The second kappa shape index (κ2) is 11.0. The summed E-state index contributed by atoms with van der Waals surface area (Å²) in [5.74, 6) is 0. The molecule has 0 aromatic heterocycles. The molecule has 92 valence electrons. The molecule has 0 amide bonds.